The van der Waals surface area contributed by atoms with Gasteiger partial charge in [0.25, 0.3) is 11.6 Å². The van der Waals surface area contributed by atoms with Crippen molar-refractivity contribution >= 4 is 28.2 Å². The van der Waals surface area contributed by atoms with Crippen LogP contribution in [0.4, 0.5) is 24.5 Å². The van der Waals surface area contributed by atoms with Crippen molar-refractivity contribution in [1.29, 1.82) is 0 Å². The van der Waals surface area contributed by atoms with Gasteiger partial charge in [0, 0.05) is 23.0 Å². The highest BCUT2D eigenvalue weighted by atomic mass is 19.4. The molecular formula is C17H13F3N4O4. The SMILES string of the molecule is COc1ccc2cc(C(=O)NNc3ccc(C(F)(F)F)cc3[N+](=O)[O-])[nH]c2c1. The number of carbonyl (C=O) groups excluding carboxylic acids is 1. The molecule has 0 fully saturated rings. The first-order valence-corrected chi connectivity index (χ1v) is 7.78. The number of aromatic amines is 1. The van der Waals surface area contributed by atoms with Crippen LogP contribution < -0.4 is 15.6 Å². The van der Waals surface area contributed by atoms with Crippen LogP contribution >= 0.6 is 0 Å². The lowest BCUT2D eigenvalue weighted by atomic mass is 10.1. The molecule has 0 saturated carbocycles. The molecule has 3 N–H and O–H groups in total. The Hall–Kier alpha value is -3.76. The fraction of sp³-hybridized carbons (Fsp3) is 0.118. The van der Waals surface area contributed by atoms with E-state index >= 15 is 0 Å². The second kappa shape index (κ2) is 7.10. The number of H-pyrrole nitrogens is 1. The van der Waals surface area contributed by atoms with E-state index in [1.165, 1.54) is 7.11 Å². The lowest BCUT2D eigenvalue weighted by Crippen LogP contribution is -2.30. The summed E-state index contributed by atoms with van der Waals surface area (Å²) in [6, 6.07) is 8.61. The van der Waals surface area contributed by atoms with Crippen LogP contribution in [0.25, 0.3) is 10.9 Å². The third-order valence-corrected chi connectivity index (χ3v) is 3.91. The maximum Gasteiger partial charge on any atom is 0.416 e. The van der Waals surface area contributed by atoms with Gasteiger partial charge < -0.3 is 9.72 Å². The van der Waals surface area contributed by atoms with E-state index in [1.54, 1.807) is 24.3 Å². The van der Waals surface area contributed by atoms with Crippen molar-refractivity contribution in [2.75, 3.05) is 12.5 Å². The Morgan fingerprint density at radius 2 is 1.93 bits per heavy atom. The van der Waals surface area contributed by atoms with Gasteiger partial charge >= 0.3 is 6.18 Å². The number of fused-ring (bicyclic) bond motifs is 1. The molecule has 0 bridgehead atoms. The lowest BCUT2D eigenvalue weighted by molar-refractivity contribution is -0.384. The molecule has 1 aromatic heterocycles. The number of alkyl halides is 3. The van der Waals surface area contributed by atoms with Crippen molar-refractivity contribution in [1.82, 2.24) is 10.4 Å². The summed E-state index contributed by atoms with van der Waals surface area (Å²) in [5.74, 6) is -0.0795. The van der Waals surface area contributed by atoms with Crippen LogP contribution in [0, 0.1) is 10.1 Å². The van der Waals surface area contributed by atoms with E-state index in [9.17, 15) is 28.1 Å². The highest BCUT2D eigenvalue weighted by Crippen LogP contribution is 2.34. The third kappa shape index (κ3) is 3.82. The van der Waals surface area contributed by atoms with Gasteiger partial charge in [-0.25, -0.2) is 0 Å². The Morgan fingerprint density at radius 3 is 2.57 bits per heavy atom. The highest BCUT2D eigenvalue weighted by molar-refractivity contribution is 5.98. The number of nitro groups is 1. The van der Waals surface area contributed by atoms with Crippen molar-refractivity contribution in [3.63, 3.8) is 0 Å². The van der Waals surface area contributed by atoms with Gasteiger partial charge in [-0.1, -0.05) is 0 Å². The van der Waals surface area contributed by atoms with Crippen LogP contribution in [0.1, 0.15) is 16.1 Å². The molecule has 0 aliphatic rings. The van der Waals surface area contributed by atoms with Gasteiger partial charge in [0.1, 0.15) is 17.1 Å². The molecular weight excluding hydrogens is 381 g/mol. The largest absolute Gasteiger partial charge is 0.497 e. The summed E-state index contributed by atoms with van der Waals surface area (Å²) in [6.07, 6.45) is -4.72. The fourth-order valence-corrected chi connectivity index (χ4v) is 2.51. The van der Waals surface area contributed by atoms with E-state index in [0.717, 1.165) is 11.5 Å². The second-order valence-corrected chi connectivity index (χ2v) is 5.70. The maximum atomic E-state index is 12.7. The van der Waals surface area contributed by atoms with Gasteiger partial charge in [-0.15, -0.1) is 0 Å². The molecule has 1 amide bonds. The number of hydrazine groups is 1. The number of nitro benzene ring substituents is 1. The van der Waals surface area contributed by atoms with Crippen molar-refractivity contribution in [3.05, 3.63) is 63.8 Å². The minimum atomic E-state index is -4.72. The number of nitrogens with zero attached hydrogens (tertiary/aromatic N) is 1. The zero-order chi connectivity index (χ0) is 20.5. The fourth-order valence-electron chi connectivity index (χ4n) is 2.51. The van der Waals surface area contributed by atoms with Crippen LogP contribution in [0.5, 0.6) is 5.75 Å². The summed E-state index contributed by atoms with van der Waals surface area (Å²) >= 11 is 0. The molecule has 3 aromatic rings. The minimum Gasteiger partial charge on any atom is -0.497 e. The highest BCUT2D eigenvalue weighted by Gasteiger charge is 2.33. The third-order valence-electron chi connectivity index (χ3n) is 3.91. The molecule has 0 unspecified atom stereocenters. The van der Waals surface area contributed by atoms with Crippen LogP contribution in [0.2, 0.25) is 0 Å². The minimum absolute atomic E-state index is 0.144. The number of hydrogen-bond donors (Lipinski definition) is 3. The molecule has 0 atom stereocenters. The van der Waals surface area contributed by atoms with Gasteiger partial charge in [-0.2, -0.15) is 13.2 Å². The topological polar surface area (TPSA) is 109 Å². The molecule has 0 aliphatic heterocycles. The van der Waals surface area contributed by atoms with Crippen molar-refractivity contribution in [2.45, 2.75) is 6.18 Å². The number of anilines is 1. The number of halogens is 3. The molecule has 0 aliphatic carbocycles. The average Bonchev–Trinajstić information content (AvgIpc) is 3.08. The molecule has 11 heteroatoms. The first-order chi connectivity index (χ1) is 13.2. The number of rotatable bonds is 5. The molecule has 146 valence electrons. The summed E-state index contributed by atoms with van der Waals surface area (Å²) in [4.78, 5) is 25.2. The molecule has 0 radical (unpaired) electrons. The van der Waals surface area contributed by atoms with Gasteiger partial charge in [-0.05, 0) is 30.3 Å². The number of carbonyl (C=O) groups is 1. The molecule has 0 spiro atoms. The van der Waals surface area contributed by atoms with E-state index in [0.29, 0.717) is 23.4 Å². The number of methoxy groups -OCH3 is 1. The molecule has 0 saturated heterocycles. The zero-order valence-corrected chi connectivity index (χ0v) is 14.3. The monoisotopic (exact) mass is 394 g/mol. The van der Waals surface area contributed by atoms with Crippen LogP contribution in [0.3, 0.4) is 0 Å². The number of nitrogens with one attached hydrogen (secondary N) is 3. The van der Waals surface area contributed by atoms with E-state index in [1.807, 2.05) is 0 Å². The molecule has 1 heterocycles. The molecule has 28 heavy (non-hydrogen) atoms. The number of benzene rings is 2. The first kappa shape index (κ1) is 19.0. The van der Waals surface area contributed by atoms with Crippen LogP contribution in [-0.2, 0) is 6.18 Å². The smallest absolute Gasteiger partial charge is 0.416 e. The van der Waals surface area contributed by atoms with E-state index < -0.39 is 28.3 Å². The van der Waals surface area contributed by atoms with Gasteiger partial charge in [0.05, 0.1) is 17.6 Å². The van der Waals surface area contributed by atoms with Gasteiger partial charge in [-0.3, -0.25) is 25.8 Å². The standard InChI is InChI=1S/C17H13F3N4O4/c1-28-11-4-2-9-6-14(21-13(9)8-11)16(25)23-22-12-5-3-10(17(18,19)20)7-15(12)24(26)27/h2-8,21-22H,1H3,(H,23,25). The quantitative estimate of drug-likeness (QED) is 0.450. The van der Waals surface area contributed by atoms with Crippen molar-refractivity contribution in [3.8, 4) is 5.75 Å². The molecule has 8 nitrogen and oxygen atoms in total. The van der Waals surface area contributed by atoms with Crippen LogP contribution in [-0.4, -0.2) is 22.9 Å². The summed E-state index contributed by atoms with van der Waals surface area (Å²) < 4.78 is 43.3. The number of hydrogen-bond acceptors (Lipinski definition) is 5. The van der Waals surface area contributed by atoms with E-state index in [2.05, 4.69) is 15.8 Å². The van der Waals surface area contributed by atoms with Crippen LogP contribution in [0.15, 0.2) is 42.5 Å². The second-order valence-electron chi connectivity index (χ2n) is 5.70. The number of amides is 1. The Bertz CT molecular complexity index is 1060. The maximum absolute atomic E-state index is 12.7. The Kier molecular flexibility index (Phi) is 4.82. The first-order valence-electron chi connectivity index (χ1n) is 7.78. The Morgan fingerprint density at radius 1 is 1.18 bits per heavy atom. The lowest BCUT2D eigenvalue weighted by Gasteiger charge is -2.11. The van der Waals surface area contributed by atoms with Crippen molar-refractivity contribution in [2.24, 2.45) is 0 Å². The summed E-state index contributed by atoms with van der Waals surface area (Å²) in [7, 11) is 1.50. The predicted octanol–water partition coefficient (Wildman–Crippen LogP) is 3.86. The van der Waals surface area contributed by atoms with E-state index in [4.69, 9.17) is 4.74 Å². The predicted molar refractivity (Wildman–Crippen MR) is 94.0 cm³/mol. The Balaban J connectivity index is 1.80. The summed E-state index contributed by atoms with van der Waals surface area (Å²) in [5, 5.41) is 11.8. The molecule has 3 rings (SSSR count). The van der Waals surface area contributed by atoms with E-state index in [-0.39, 0.29) is 11.4 Å². The normalized spacial score (nSPS) is 11.3. The van der Waals surface area contributed by atoms with Gasteiger partial charge in [0.15, 0.2) is 0 Å². The van der Waals surface area contributed by atoms with Crippen molar-refractivity contribution < 1.29 is 27.6 Å². The summed E-state index contributed by atoms with van der Waals surface area (Å²) in [6.45, 7) is 0. The van der Waals surface area contributed by atoms with Gasteiger partial charge in [0.2, 0.25) is 0 Å². The number of aromatic nitrogens is 1. The molecule has 2 aromatic carbocycles. The average molecular weight is 394 g/mol. The number of ether oxygens (including phenoxy) is 1. The summed E-state index contributed by atoms with van der Waals surface area (Å²) in [5.41, 5.74) is 3.00. The zero-order valence-electron chi connectivity index (χ0n) is 14.3. The Labute approximate surface area is 155 Å².